The molecule has 3 heteroatoms. The molecule has 1 saturated heterocycles. The predicted octanol–water partition coefficient (Wildman–Crippen LogP) is 2.46. The van der Waals surface area contributed by atoms with Crippen LogP contribution in [0.1, 0.15) is 19.8 Å². The molecule has 1 aliphatic rings. The zero-order chi connectivity index (χ0) is 9.97. The Labute approximate surface area is 83.8 Å². The van der Waals surface area contributed by atoms with E-state index in [2.05, 4.69) is 16.8 Å². The van der Waals surface area contributed by atoms with Crippen molar-refractivity contribution in [1.29, 1.82) is 0 Å². The number of piperidine rings is 1. The smallest absolute Gasteiger partial charge is 0.214 e. The van der Waals surface area contributed by atoms with E-state index in [0.717, 1.165) is 24.7 Å². The van der Waals surface area contributed by atoms with Gasteiger partial charge >= 0.3 is 0 Å². The average Bonchev–Trinajstić information content (AvgIpc) is 2.19. The Hall–Kier alpha value is -1.12. The van der Waals surface area contributed by atoms with Gasteiger partial charge in [0, 0.05) is 31.0 Å². The second-order valence-electron chi connectivity index (χ2n) is 4.01. The number of anilines is 1. The quantitative estimate of drug-likeness (QED) is 0.638. The molecule has 0 aromatic carbocycles. The van der Waals surface area contributed by atoms with E-state index in [-0.39, 0.29) is 5.95 Å². The summed E-state index contributed by atoms with van der Waals surface area (Å²) in [6.45, 7) is 4.33. The van der Waals surface area contributed by atoms with Crippen molar-refractivity contribution in [3.8, 4) is 0 Å². The number of rotatable bonds is 1. The number of nitrogens with zero attached hydrogens (tertiary/aromatic N) is 2. The number of hydrogen-bond acceptors (Lipinski definition) is 2. The highest BCUT2D eigenvalue weighted by atomic mass is 19.1. The van der Waals surface area contributed by atoms with E-state index >= 15 is 0 Å². The minimum atomic E-state index is -0.388. The van der Waals surface area contributed by atoms with E-state index in [4.69, 9.17) is 0 Å². The van der Waals surface area contributed by atoms with Crippen molar-refractivity contribution in [3.05, 3.63) is 24.3 Å². The van der Waals surface area contributed by atoms with Gasteiger partial charge in [0.05, 0.1) is 0 Å². The third-order valence-corrected chi connectivity index (χ3v) is 2.86. The van der Waals surface area contributed by atoms with Crippen molar-refractivity contribution in [3.63, 3.8) is 0 Å². The first-order valence-electron chi connectivity index (χ1n) is 5.12. The van der Waals surface area contributed by atoms with E-state index in [1.165, 1.54) is 25.1 Å². The van der Waals surface area contributed by atoms with E-state index in [9.17, 15) is 4.39 Å². The molecule has 1 aromatic heterocycles. The van der Waals surface area contributed by atoms with E-state index in [1.54, 1.807) is 0 Å². The number of halogens is 1. The molecular formula is C11H15FN2. The molecule has 1 fully saturated rings. The average molecular weight is 194 g/mol. The monoisotopic (exact) mass is 194 g/mol. The summed E-state index contributed by atoms with van der Waals surface area (Å²) in [5.41, 5.74) is 0.962. The van der Waals surface area contributed by atoms with Crippen LogP contribution in [0.2, 0.25) is 0 Å². The van der Waals surface area contributed by atoms with Crippen molar-refractivity contribution in [2.75, 3.05) is 18.0 Å². The maximum absolute atomic E-state index is 12.9. The Morgan fingerprint density at radius 2 is 2.14 bits per heavy atom. The van der Waals surface area contributed by atoms with Crippen LogP contribution in [0, 0.1) is 11.9 Å². The van der Waals surface area contributed by atoms with Crippen molar-refractivity contribution < 1.29 is 4.39 Å². The summed E-state index contributed by atoms with van der Waals surface area (Å²) in [5.74, 6) is 0.416. The minimum Gasteiger partial charge on any atom is -0.371 e. The lowest BCUT2D eigenvalue weighted by atomic mass is 9.99. The summed E-state index contributed by atoms with van der Waals surface area (Å²) in [5, 5.41) is 0. The molecule has 0 bridgehead atoms. The van der Waals surface area contributed by atoms with Gasteiger partial charge in [-0.15, -0.1) is 0 Å². The molecule has 2 heterocycles. The van der Waals surface area contributed by atoms with Crippen LogP contribution in [0.3, 0.4) is 0 Å². The Balaban J connectivity index is 2.08. The molecule has 2 nitrogen and oxygen atoms in total. The van der Waals surface area contributed by atoms with Crippen LogP contribution in [0.5, 0.6) is 0 Å². The topological polar surface area (TPSA) is 16.1 Å². The van der Waals surface area contributed by atoms with E-state index < -0.39 is 0 Å². The summed E-state index contributed by atoms with van der Waals surface area (Å²) in [7, 11) is 0. The summed E-state index contributed by atoms with van der Waals surface area (Å²) < 4.78 is 12.9. The van der Waals surface area contributed by atoms with E-state index in [1.807, 2.05) is 6.07 Å². The maximum atomic E-state index is 12.9. The largest absolute Gasteiger partial charge is 0.371 e. The van der Waals surface area contributed by atoms with Gasteiger partial charge in [-0.2, -0.15) is 4.39 Å². The van der Waals surface area contributed by atoms with Crippen LogP contribution < -0.4 is 4.90 Å². The summed E-state index contributed by atoms with van der Waals surface area (Å²) in [6.07, 6.45) is 3.93. The fourth-order valence-corrected chi connectivity index (χ4v) is 1.86. The summed E-state index contributed by atoms with van der Waals surface area (Å²) >= 11 is 0. The molecular weight excluding hydrogens is 179 g/mol. The van der Waals surface area contributed by atoms with Crippen LogP contribution in [0.25, 0.3) is 0 Å². The van der Waals surface area contributed by atoms with E-state index in [0.29, 0.717) is 0 Å². The maximum Gasteiger partial charge on any atom is 0.214 e. The molecule has 1 aliphatic heterocycles. The zero-order valence-electron chi connectivity index (χ0n) is 8.41. The van der Waals surface area contributed by atoms with Crippen LogP contribution in [0.4, 0.5) is 10.1 Å². The van der Waals surface area contributed by atoms with Gasteiger partial charge in [-0.3, -0.25) is 0 Å². The van der Waals surface area contributed by atoms with Gasteiger partial charge in [-0.05, 0) is 24.8 Å². The molecule has 0 saturated carbocycles. The Bertz CT molecular complexity index is 306. The fraction of sp³-hybridized carbons (Fsp3) is 0.545. The summed E-state index contributed by atoms with van der Waals surface area (Å²) in [6, 6.07) is 3.38. The highest BCUT2D eigenvalue weighted by Gasteiger charge is 2.16. The SMILES string of the molecule is CC1CCN(c2ccnc(F)c2)CC1. The van der Waals surface area contributed by atoms with Crippen molar-refractivity contribution in [2.45, 2.75) is 19.8 Å². The normalized spacial score (nSPS) is 18.6. The van der Waals surface area contributed by atoms with Crippen molar-refractivity contribution in [2.24, 2.45) is 5.92 Å². The molecule has 0 aliphatic carbocycles. The molecule has 0 atom stereocenters. The lowest BCUT2D eigenvalue weighted by Gasteiger charge is -2.31. The number of pyridine rings is 1. The lowest BCUT2D eigenvalue weighted by Crippen LogP contribution is -2.32. The first kappa shape index (κ1) is 9.44. The summed E-state index contributed by atoms with van der Waals surface area (Å²) in [4.78, 5) is 5.78. The Morgan fingerprint density at radius 3 is 2.79 bits per heavy atom. The van der Waals surface area contributed by atoms with Gasteiger partial charge in [0.25, 0.3) is 0 Å². The minimum absolute atomic E-state index is 0.388. The van der Waals surface area contributed by atoms with Crippen LogP contribution in [-0.2, 0) is 0 Å². The van der Waals surface area contributed by atoms with Crippen LogP contribution >= 0.6 is 0 Å². The van der Waals surface area contributed by atoms with Gasteiger partial charge in [0.15, 0.2) is 0 Å². The molecule has 14 heavy (non-hydrogen) atoms. The Kier molecular flexibility index (Phi) is 2.66. The van der Waals surface area contributed by atoms with Crippen LogP contribution in [0.15, 0.2) is 18.3 Å². The third-order valence-electron chi connectivity index (χ3n) is 2.86. The van der Waals surface area contributed by atoms with Gasteiger partial charge in [0.2, 0.25) is 5.95 Å². The first-order chi connectivity index (χ1) is 6.75. The first-order valence-corrected chi connectivity index (χ1v) is 5.12. The Morgan fingerprint density at radius 1 is 1.43 bits per heavy atom. The molecule has 2 rings (SSSR count). The van der Waals surface area contributed by atoms with Gasteiger partial charge < -0.3 is 4.90 Å². The standard InChI is InChI=1S/C11H15FN2/c1-9-3-6-14(7-4-9)10-2-5-13-11(12)8-10/h2,5,8-9H,3-4,6-7H2,1H3. The highest BCUT2D eigenvalue weighted by molar-refractivity contribution is 5.45. The molecule has 0 N–H and O–H groups in total. The van der Waals surface area contributed by atoms with Crippen molar-refractivity contribution in [1.82, 2.24) is 4.98 Å². The van der Waals surface area contributed by atoms with Crippen molar-refractivity contribution >= 4 is 5.69 Å². The molecule has 0 radical (unpaired) electrons. The second kappa shape index (κ2) is 3.95. The molecule has 0 unspecified atom stereocenters. The van der Waals surface area contributed by atoms with Gasteiger partial charge in [-0.25, -0.2) is 4.98 Å². The molecule has 0 amide bonds. The third kappa shape index (κ3) is 2.03. The highest BCUT2D eigenvalue weighted by Crippen LogP contribution is 2.22. The molecule has 76 valence electrons. The number of aromatic nitrogens is 1. The number of hydrogen-bond donors (Lipinski definition) is 0. The fourth-order valence-electron chi connectivity index (χ4n) is 1.86. The second-order valence-corrected chi connectivity index (χ2v) is 4.01. The van der Waals surface area contributed by atoms with Gasteiger partial charge in [0.1, 0.15) is 0 Å². The molecule has 1 aromatic rings. The predicted molar refractivity (Wildman–Crippen MR) is 54.8 cm³/mol. The van der Waals surface area contributed by atoms with Gasteiger partial charge in [-0.1, -0.05) is 6.92 Å². The van der Waals surface area contributed by atoms with Crippen LogP contribution in [-0.4, -0.2) is 18.1 Å². The zero-order valence-corrected chi connectivity index (χ0v) is 8.41. The molecule has 0 spiro atoms. The lowest BCUT2D eigenvalue weighted by molar-refractivity contribution is 0.438.